The Labute approximate surface area is 115 Å². The van der Waals surface area contributed by atoms with E-state index in [1.807, 2.05) is 31.7 Å². The molecule has 2 atom stereocenters. The molecule has 2 unspecified atom stereocenters. The molecular weight excluding hydrogens is 240 g/mol. The summed E-state index contributed by atoms with van der Waals surface area (Å²) in [6, 6.07) is 12.8. The van der Waals surface area contributed by atoms with Gasteiger partial charge in [0.15, 0.2) is 0 Å². The lowest BCUT2D eigenvalue weighted by atomic mass is 9.98. The molecule has 0 fully saturated rings. The van der Waals surface area contributed by atoms with Crippen LogP contribution in [0.4, 0.5) is 0 Å². The monoisotopic (exact) mass is 262 g/mol. The molecule has 2 nitrogen and oxygen atoms in total. The summed E-state index contributed by atoms with van der Waals surface area (Å²) >= 11 is 1.91. The largest absolute Gasteiger partial charge is 0.300 e. The lowest BCUT2D eigenvalue weighted by Crippen LogP contribution is -2.42. The molecule has 0 radical (unpaired) electrons. The van der Waals surface area contributed by atoms with Gasteiger partial charge in [0.25, 0.3) is 0 Å². The molecule has 0 aliphatic heterocycles. The van der Waals surface area contributed by atoms with Crippen molar-refractivity contribution in [2.45, 2.75) is 43.7 Å². The third-order valence-corrected chi connectivity index (χ3v) is 4.12. The van der Waals surface area contributed by atoms with Gasteiger partial charge in [0, 0.05) is 11.0 Å². The molecule has 3 heteroatoms. The highest BCUT2D eigenvalue weighted by Gasteiger charge is 2.25. The van der Waals surface area contributed by atoms with E-state index in [1.165, 1.54) is 5.56 Å². The van der Waals surface area contributed by atoms with Crippen LogP contribution in [0.25, 0.3) is 0 Å². The minimum absolute atomic E-state index is 0.405. The van der Waals surface area contributed by atoms with Gasteiger partial charge in [0.1, 0.15) is 5.54 Å². The first kappa shape index (κ1) is 15.1. The van der Waals surface area contributed by atoms with Crippen molar-refractivity contribution in [1.29, 1.82) is 5.26 Å². The van der Waals surface area contributed by atoms with Crippen molar-refractivity contribution in [2.75, 3.05) is 6.54 Å². The number of benzene rings is 1. The van der Waals surface area contributed by atoms with Gasteiger partial charge in [-0.25, -0.2) is 0 Å². The first-order valence-corrected chi connectivity index (χ1v) is 7.46. The summed E-state index contributed by atoms with van der Waals surface area (Å²) < 4.78 is 0. The summed E-state index contributed by atoms with van der Waals surface area (Å²) in [6.45, 7) is 7.05. The molecular formula is C15H22N2S. The molecule has 0 bridgehead atoms. The van der Waals surface area contributed by atoms with Crippen LogP contribution in [0.1, 0.15) is 32.8 Å². The molecule has 1 aromatic carbocycles. The van der Waals surface area contributed by atoms with E-state index in [2.05, 4.69) is 42.6 Å². The quantitative estimate of drug-likeness (QED) is 0.815. The van der Waals surface area contributed by atoms with Crippen molar-refractivity contribution < 1.29 is 0 Å². The van der Waals surface area contributed by atoms with Crippen LogP contribution < -0.4 is 5.32 Å². The molecule has 1 rings (SSSR count). The molecule has 1 N–H and O–H groups in total. The average molecular weight is 262 g/mol. The average Bonchev–Trinajstić information content (AvgIpc) is 2.38. The van der Waals surface area contributed by atoms with Crippen molar-refractivity contribution in [1.82, 2.24) is 5.32 Å². The zero-order valence-electron chi connectivity index (χ0n) is 11.4. The van der Waals surface area contributed by atoms with Gasteiger partial charge in [-0.2, -0.15) is 17.0 Å². The minimum Gasteiger partial charge on any atom is -0.300 e. The second-order valence-electron chi connectivity index (χ2n) is 4.79. The maximum atomic E-state index is 9.23. The summed E-state index contributed by atoms with van der Waals surface area (Å²) in [4.78, 5) is 0. The smallest absolute Gasteiger partial charge is 0.104 e. The minimum atomic E-state index is -0.405. The number of rotatable bonds is 7. The van der Waals surface area contributed by atoms with E-state index in [0.717, 1.165) is 18.7 Å². The Kier molecular flexibility index (Phi) is 6.24. The molecule has 0 spiro atoms. The molecule has 1 aromatic rings. The molecule has 0 aliphatic rings. The number of nitrogens with one attached hydrogen (secondary N) is 1. The number of hydrogen-bond acceptors (Lipinski definition) is 3. The molecule has 0 saturated carbocycles. The molecule has 0 heterocycles. The van der Waals surface area contributed by atoms with Gasteiger partial charge < -0.3 is 0 Å². The van der Waals surface area contributed by atoms with Crippen LogP contribution in [0.3, 0.4) is 0 Å². The summed E-state index contributed by atoms with van der Waals surface area (Å²) in [6.07, 6.45) is 0.870. The van der Waals surface area contributed by atoms with Crippen molar-refractivity contribution in [3.8, 4) is 6.07 Å². The highest BCUT2D eigenvalue weighted by molar-refractivity contribution is 7.99. The summed E-state index contributed by atoms with van der Waals surface area (Å²) in [5, 5.41) is 13.0. The Balaban J connectivity index is 2.42. The second kappa shape index (κ2) is 7.45. The number of nitriles is 1. The van der Waals surface area contributed by atoms with Gasteiger partial charge in [0.2, 0.25) is 0 Å². The predicted octanol–water partition coefficient (Wildman–Crippen LogP) is 3.59. The first-order chi connectivity index (χ1) is 8.59. The Hall–Kier alpha value is -0.980. The molecule has 98 valence electrons. The van der Waals surface area contributed by atoms with Gasteiger partial charge in [-0.3, -0.25) is 5.32 Å². The van der Waals surface area contributed by atoms with Gasteiger partial charge in [-0.05, 0) is 25.5 Å². The van der Waals surface area contributed by atoms with Crippen LogP contribution in [0.5, 0.6) is 0 Å². The Bertz CT molecular complexity index is 385. The Morgan fingerprint density at radius 1 is 1.39 bits per heavy atom. The van der Waals surface area contributed by atoms with Crippen molar-refractivity contribution in [3.05, 3.63) is 35.9 Å². The number of nitrogens with zero attached hydrogens (tertiary/aromatic N) is 1. The van der Waals surface area contributed by atoms with Crippen LogP contribution in [0.2, 0.25) is 0 Å². The SMILES string of the molecule is CCNC(C)(C#N)CC(C)SCc1ccccc1. The van der Waals surface area contributed by atoms with E-state index in [4.69, 9.17) is 0 Å². The Morgan fingerprint density at radius 3 is 2.61 bits per heavy atom. The van der Waals surface area contributed by atoms with E-state index in [0.29, 0.717) is 5.25 Å². The van der Waals surface area contributed by atoms with Gasteiger partial charge in [-0.15, -0.1) is 0 Å². The van der Waals surface area contributed by atoms with E-state index in [-0.39, 0.29) is 0 Å². The normalized spacial score (nSPS) is 15.7. The van der Waals surface area contributed by atoms with Gasteiger partial charge in [-0.1, -0.05) is 44.2 Å². The third-order valence-electron chi connectivity index (χ3n) is 2.89. The van der Waals surface area contributed by atoms with Gasteiger partial charge >= 0.3 is 0 Å². The third kappa shape index (κ3) is 5.12. The highest BCUT2D eigenvalue weighted by atomic mass is 32.2. The van der Waals surface area contributed by atoms with Gasteiger partial charge in [0.05, 0.1) is 6.07 Å². The fourth-order valence-corrected chi connectivity index (χ4v) is 3.11. The zero-order chi connectivity index (χ0) is 13.4. The summed E-state index contributed by atoms with van der Waals surface area (Å²) in [7, 11) is 0. The topological polar surface area (TPSA) is 35.8 Å². The van der Waals surface area contributed by atoms with Crippen molar-refractivity contribution in [3.63, 3.8) is 0 Å². The summed E-state index contributed by atoms with van der Waals surface area (Å²) in [5.41, 5.74) is 0.939. The second-order valence-corrected chi connectivity index (χ2v) is 6.21. The molecule has 18 heavy (non-hydrogen) atoms. The number of hydrogen-bond donors (Lipinski definition) is 1. The lowest BCUT2D eigenvalue weighted by Gasteiger charge is -2.25. The van der Waals surface area contributed by atoms with Crippen LogP contribution >= 0.6 is 11.8 Å². The van der Waals surface area contributed by atoms with Crippen LogP contribution in [0, 0.1) is 11.3 Å². The fraction of sp³-hybridized carbons (Fsp3) is 0.533. The van der Waals surface area contributed by atoms with E-state index < -0.39 is 5.54 Å². The van der Waals surface area contributed by atoms with Crippen molar-refractivity contribution in [2.24, 2.45) is 0 Å². The maximum Gasteiger partial charge on any atom is 0.104 e. The van der Waals surface area contributed by atoms with E-state index >= 15 is 0 Å². The van der Waals surface area contributed by atoms with Crippen molar-refractivity contribution >= 4 is 11.8 Å². The molecule has 0 saturated heterocycles. The Morgan fingerprint density at radius 2 is 2.06 bits per heavy atom. The zero-order valence-corrected chi connectivity index (χ0v) is 12.3. The summed E-state index contributed by atoms with van der Waals surface area (Å²) in [5.74, 6) is 1.01. The van der Waals surface area contributed by atoms with E-state index in [1.54, 1.807) is 0 Å². The molecule has 0 aromatic heterocycles. The van der Waals surface area contributed by atoms with E-state index in [9.17, 15) is 5.26 Å². The molecule has 0 aliphatic carbocycles. The molecule has 0 amide bonds. The highest BCUT2D eigenvalue weighted by Crippen LogP contribution is 2.24. The number of thioether (sulfide) groups is 1. The maximum absolute atomic E-state index is 9.23. The lowest BCUT2D eigenvalue weighted by molar-refractivity contribution is 0.429. The first-order valence-electron chi connectivity index (χ1n) is 6.41. The predicted molar refractivity (Wildman–Crippen MR) is 79.5 cm³/mol. The standard InChI is InChI=1S/C15H22N2S/c1-4-17-15(3,12-16)10-13(2)18-11-14-8-6-5-7-9-14/h5-9,13,17H,4,10-11H2,1-3H3. The van der Waals surface area contributed by atoms with Crippen LogP contribution in [-0.2, 0) is 5.75 Å². The van der Waals surface area contributed by atoms with Crippen LogP contribution in [-0.4, -0.2) is 17.3 Å². The van der Waals surface area contributed by atoms with Crippen LogP contribution in [0.15, 0.2) is 30.3 Å². The fourth-order valence-electron chi connectivity index (χ4n) is 1.99.